The standard InChI is InChI=1S/C22H19ClF2N4O6/c1-35-16-4-2-3-14(24)18(16)17-13(23)7-12-20(19(17)25)26-8-15(29(33)34)21(12)28-6-5-27(22(31)32)9-11(28)10-30/h2-4,7-8,11,30H,5-6,9-10H2,1H3,(H,31,32)/t11-/m1/s1. The van der Waals surface area contributed by atoms with Gasteiger partial charge in [-0.25, -0.2) is 18.6 Å². The number of hydrogen-bond donors (Lipinski definition) is 2. The molecule has 2 aromatic carbocycles. The zero-order chi connectivity index (χ0) is 25.4. The van der Waals surface area contributed by atoms with Crippen LogP contribution < -0.4 is 9.64 Å². The quantitative estimate of drug-likeness (QED) is 0.392. The number of aliphatic hydroxyl groups excluding tert-OH is 1. The topological polar surface area (TPSA) is 129 Å². The van der Waals surface area contributed by atoms with E-state index in [1.165, 1.54) is 30.2 Å². The fourth-order valence-corrected chi connectivity index (χ4v) is 4.59. The summed E-state index contributed by atoms with van der Waals surface area (Å²) < 4.78 is 35.7. The molecule has 13 heteroatoms. The normalized spacial score (nSPS) is 16.0. The molecule has 184 valence electrons. The zero-order valence-corrected chi connectivity index (χ0v) is 19.0. The summed E-state index contributed by atoms with van der Waals surface area (Å²) in [5, 5.41) is 30.8. The van der Waals surface area contributed by atoms with Crippen molar-refractivity contribution in [3.05, 3.63) is 57.2 Å². The van der Waals surface area contributed by atoms with Gasteiger partial charge in [-0.1, -0.05) is 17.7 Å². The third kappa shape index (κ3) is 4.15. The minimum Gasteiger partial charge on any atom is -0.496 e. The van der Waals surface area contributed by atoms with Gasteiger partial charge in [0.15, 0.2) is 5.82 Å². The van der Waals surface area contributed by atoms with Crippen molar-refractivity contribution < 1.29 is 33.4 Å². The Labute approximate surface area is 202 Å². The molecule has 0 bridgehead atoms. The van der Waals surface area contributed by atoms with E-state index < -0.39 is 41.0 Å². The number of benzene rings is 2. The molecule has 2 heterocycles. The Morgan fingerprint density at radius 1 is 1.34 bits per heavy atom. The summed E-state index contributed by atoms with van der Waals surface area (Å²) >= 11 is 6.41. The predicted molar refractivity (Wildman–Crippen MR) is 123 cm³/mol. The van der Waals surface area contributed by atoms with Crippen molar-refractivity contribution in [1.29, 1.82) is 0 Å². The lowest BCUT2D eigenvalue weighted by Gasteiger charge is -2.40. The highest BCUT2D eigenvalue weighted by Gasteiger charge is 2.35. The summed E-state index contributed by atoms with van der Waals surface area (Å²) in [5.74, 6) is -1.79. The van der Waals surface area contributed by atoms with E-state index in [2.05, 4.69) is 4.98 Å². The van der Waals surface area contributed by atoms with E-state index in [0.717, 1.165) is 17.2 Å². The fourth-order valence-electron chi connectivity index (χ4n) is 4.30. The zero-order valence-electron chi connectivity index (χ0n) is 18.2. The van der Waals surface area contributed by atoms with Crippen LogP contribution in [0.2, 0.25) is 5.02 Å². The number of nitrogens with zero attached hydrogens (tertiary/aromatic N) is 4. The van der Waals surface area contributed by atoms with Gasteiger partial charge in [-0.3, -0.25) is 10.1 Å². The van der Waals surface area contributed by atoms with Crippen molar-refractivity contribution in [1.82, 2.24) is 9.88 Å². The number of rotatable bonds is 5. The van der Waals surface area contributed by atoms with Crippen LogP contribution in [-0.4, -0.2) is 70.5 Å². The van der Waals surface area contributed by atoms with Gasteiger partial charge < -0.3 is 24.7 Å². The maximum absolute atomic E-state index is 15.8. The molecule has 35 heavy (non-hydrogen) atoms. The van der Waals surface area contributed by atoms with Crippen molar-refractivity contribution in [3.8, 4) is 16.9 Å². The van der Waals surface area contributed by atoms with Crippen LogP contribution in [0.4, 0.5) is 25.0 Å². The number of aliphatic hydroxyl groups is 1. The predicted octanol–water partition coefficient (Wildman–Crippen LogP) is 3.91. The highest BCUT2D eigenvalue weighted by molar-refractivity contribution is 6.34. The van der Waals surface area contributed by atoms with Gasteiger partial charge in [0.1, 0.15) is 29.0 Å². The third-order valence-electron chi connectivity index (χ3n) is 5.90. The number of methoxy groups -OCH3 is 1. The molecule has 0 unspecified atom stereocenters. The molecule has 0 saturated carbocycles. The number of amides is 1. The first kappa shape index (κ1) is 24.4. The first-order chi connectivity index (χ1) is 16.7. The number of anilines is 1. The van der Waals surface area contributed by atoms with Crippen LogP contribution >= 0.6 is 11.6 Å². The first-order valence-electron chi connectivity index (χ1n) is 10.3. The molecule has 4 rings (SSSR count). The molecule has 1 atom stereocenters. The van der Waals surface area contributed by atoms with E-state index in [1.54, 1.807) is 0 Å². The molecule has 0 spiro atoms. The molecule has 2 N–H and O–H groups in total. The van der Waals surface area contributed by atoms with Crippen molar-refractivity contribution in [2.45, 2.75) is 6.04 Å². The Balaban J connectivity index is 1.98. The Kier molecular flexibility index (Phi) is 6.59. The highest BCUT2D eigenvalue weighted by atomic mass is 35.5. The van der Waals surface area contributed by atoms with E-state index >= 15 is 4.39 Å². The lowest BCUT2D eigenvalue weighted by molar-refractivity contribution is -0.384. The average Bonchev–Trinajstić information content (AvgIpc) is 2.83. The molecule has 1 aliphatic heterocycles. The number of halogens is 3. The van der Waals surface area contributed by atoms with Crippen molar-refractivity contribution >= 4 is 40.0 Å². The van der Waals surface area contributed by atoms with E-state index in [0.29, 0.717) is 0 Å². The minimum atomic E-state index is -1.20. The summed E-state index contributed by atoms with van der Waals surface area (Å²) in [7, 11) is 1.29. The van der Waals surface area contributed by atoms with Gasteiger partial charge in [-0.05, 0) is 18.2 Å². The van der Waals surface area contributed by atoms with Crippen molar-refractivity contribution in [3.63, 3.8) is 0 Å². The molecule has 3 aromatic rings. The van der Waals surface area contributed by atoms with Gasteiger partial charge in [-0.15, -0.1) is 0 Å². The molecule has 0 aliphatic carbocycles. The van der Waals surface area contributed by atoms with Crippen molar-refractivity contribution in [2.75, 3.05) is 38.3 Å². The minimum absolute atomic E-state index is 0.00642. The molecule has 10 nitrogen and oxygen atoms in total. The van der Waals surface area contributed by atoms with Crippen LogP contribution in [0.25, 0.3) is 22.0 Å². The van der Waals surface area contributed by atoms with Crippen molar-refractivity contribution in [2.24, 2.45) is 0 Å². The second kappa shape index (κ2) is 9.47. The second-order valence-corrected chi connectivity index (χ2v) is 8.18. The van der Waals surface area contributed by atoms with E-state index in [4.69, 9.17) is 16.3 Å². The summed E-state index contributed by atoms with van der Waals surface area (Å²) in [5.41, 5.74) is -1.42. The maximum Gasteiger partial charge on any atom is 0.407 e. The molecular weight excluding hydrogens is 490 g/mol. The molecule has 1 amide bonds. The van der Waals surface area contributed by atoms with Gasteiger partial charge in [0.2, 0.25) is 0 Å². The third-order valence-corrected chi connectivity index (χ3v) is 6.20. The van der Waals surface area contributed by atoms with E-state index in [9.17, 15) is 29.5 Å². The fraction of sp³-hybridized carbons (Fsp3) is 0.273. The Bertz CT molecular complexity index is 1340. The number of hydrogen-bond acceptors (Lipinski definition) is 7. The molecule has 1 aromatic heterocycles. The number of aromatic nitrogens is 1. The summed E-state index contributed by atoms with van der Waals surface area (Å²) in [4.78, 5) is 29.0. The monoisotopic (exact) mass is 508 g/mol. The van der Waals surface area contributed by atoms with E-state index in [1.807, 2.05) is 0 Å². The SMILES string of the molecule is COc1cccc(F)c1-c1c(Cl)cc2c(N3CCN(C(=O)O)C[C@@H]3CO)c([N+](=O)[O-])cnc2c1F. The lowest BCUT2D eigenvalue weighted by Crippen LogP contribution is -2.56. The number of carboxylic acid groups (broad SMARTS) is 1. The van der Waals surface area contributed by atoms with Gasteiger partial charge >= 0.3 is 11.8 Å². The Morgan fingerprint density at radius 2 is 2.09 bits per heavy atom. The number of ether oxygens (including phenoxy) is 1. The van der Waals surface area contributed by atoms with Crippen LogP contribution in [0.3, 0.4) is 0 Å². The summed E-state index contributed by atoms with van der Waals surface area (Å²) in [6, 6.07) is 4.32. The maximum atomic E-state index is 15.8. The summed E-state index contributed by atoms with van der Waals surface area (Å²) in [6.07, 6.45) is -0.329. The van der Waals surface area contributed by atoms with Gasteiger partial charge in [0, 0.05) is 30.6 Å². The van der Waals surface area contributed by atoms with Crippen LogP contribution in [0.1, 0.15) is 0 Å². The van der Waals surface area contributed by atoms with Crippen LogP contribution in [0.15, 0.2) is 30.5 Å². The van der Waals surface area contributed by atoms with Gasteiger partial charge in [-0.2, -0.15) is 0 Å². The largest absolute Gasteiger partial charge is 0.496 e. The highest BCUT2D eigenvalue weighted by Crippen LogP contribution is 2.45. The number of nitro groups is 1. The molecule has 1 fully saturated rings. The van der Waals surface area contributed by atoms with Crippen LogP contribution in [0, 0.1) is 21.7 Å². The van der Waals surface area contributed by atoms with Gasteiger partial charge in [0.25, 0.3) is 0 Å². The number of carbonyl (C=O) groups is 1. The van der Waals surface area contributed by atoms with E-state index in [-0.39, 0.29) is 58.1 Å². The molecule has 1 saturated heterocycles. The number of fused-ring (bicyclic) bond motifs is 1. The second-order valence-electron chi connectivity index (χ2n) is 7.77. The average molecular weight is 509 g/mol. The van der Waals surface area contributed by atoms with Gasteiger partial charge in [0.05, 0.1) is 35.3 Å². The molecular formula is C22H19ClF2N4O6. The summed E-state index contributed by atoms with van der Waals surface area (Å²) in [6.45, 7) is -0.674. The number of piperazine rings is 1. The smallest absolute Gasteiger partial charge is 0.407 e. The molecule has 1 aliphatic rings. The first-order valence-corrected chi connectivity index (χ1v) is 10.7. The Hall–Kier alpha value is -3.77. The Morgan fingerprint density at radius 3 is 2.71 bits per heavy atom. The number of pyridine rings is 1. The molecule has 0 radical (unpaired) electrons. The van der Waals surface area contributed by atoms with Crippen LogP contribution in [0.5, 0.6) is 5.75 Å². The lowest BCUT2D eigenvalue weighted by atomic mass is 9.99. The van der Waals surface area contributed by atoms with Crippen LogP contribution in [-0.2, 0) is 0 Å².